The van der Waals surface area contributed by atoms with Crippen molar-refractivity contribution in [1.29, 1.82) is 0 Å². The lowest BCUT2D eigenvalue weighted by atomic mass is 9.94. The van der Waals surface area contributed by atoms with Gasteiger partial charge in [-0.15, -0.1) is 0 Å². The second kappa shape index (κ2) is 11.1. The lowest BCUT2D eigenvalue weighted by molar-refractivity contribution is -0.139. The van der Waals surface area contributed by atoms with Gasteiger partial charge in [0.15, 0.2) is 0 Å². The second-order valence-corrected chi connectivity index (χ2v) is 8.03. The van der Waals surface area contributed by atoms with Crippen LogP contribution in [-0.2, 0) is 15.7 Å². The van der Waals surface area contributed by atoms with Gasteiger partial charge in [0, 0.05) is 23.6 Å². The molecule has 3 rings (SSSR count). The molecule has 1 aliphatic rings. The number of carbonyl (C=O) groups excluding carboxylic acids is 3. The molecule has 1 aliphatic heterocycles. The molecule has 0 radical (unpaired) electrons. The van der Waals surface area contributed by atoms with Crippen LogP contribution in [0.1, 0.15) is 44.4 Å². The minimum absolute atomic E-state index is 0.162. The van der Waals surface area contributed by atoms with E-state index in [-0.39, 0.29) is 23.9 Å². The van der Waals surface area contributed by atoms with E-state index in [0.717, 1.165) is 24.3 Å². The predicted molar refractivity (Wildman–Crippen MR) is 128 cm³/mol. The van der Waals surface area contributed by atoms with Gasteiger partial charge in [-0.2, -0.15) is 13.2 Å². The van der Waals surface area contributed by atoms with E-state index in [1.165, 1.54) is 4.90 Å². The van der Waals surface area contributed by atoms with Crippen molar-refractivity contribution in [3.05, 3.63) is 70.9 Å². The lowest BCUT2D eigenvalue weighted by Crippen LogP contribution is -2.48. The molecule has 192 valence electrons. The van der Waals surface area contributed by atoms with Gasteiger partial charge in [-0.1, -0.05) is 19.1 Å². The third-order valence-corrected chi connectivity index (χ3v) is 5.49. The van der Waals surface area contributed by atoms with Gasteiger partial charge >= 0.3 is 24.2 Å². The molecule has 0 aromatic heterocycles. The molecule has 1 unspecified atom stereocenters. The fraction of sp³-hybridized carbons (Fsp3) is 0.320. The summed E-state index contributed by atoms with van der Waals surface area (Å²) in [5.74, 6) is -0.556. The van der Waals surface area contributed by atoms with Crippen LogP contribution in [0.15, 0.2) is 59.8 Å². The number of rotatable bonds is 7. The van der Waals surface area contributed by atoms with Crippen molar-refractivity contribution < 1.29 is 32.3 Å². The zero-order chi connectivity index (χ0) is 26.5. The van der Waals surface area contributed by atoms with E-state index >= 15 is 0 Å². The number of ether oxygens (including phenoxy) is 1. The van der Waals surface area contributed by atoms with E-state index < -0.39 is 29.8 Å². The Kier molecular flexibility index (Phi) is 8.23. The Balaban J connectivity index is 1.81. The van der Waals surface area contributed by atoms with Crippen molar-refractivity contribution in [2.75, 3.05) is 23.8 Å². The number of nitrogens with zero attached hydrogens (tertiary/aromatic N) is 1. The van der Waals surface area contributed by atoms with E-state index in [1.807, 2.05) is 6.92 Å². The van der Waals surface area contributed by atoms with E-state index in [0.29, 0.717) is 29.9 Å². The van der Waals surface area contributed by atoms with Crippen LogP contribution >= 0.6 is 0 Å². The predicted octanol–water partition coefficient (Wildman–Crippen LogP) is 5.66. The molecule has 11 heteroatoms. The molecule has 0 saturated heterocycles. The fourth-order valence-electron chi connectivity index (χ4n) is 3.83. The maximum absolute atomic E-state index is 12.8. The molecule has 1 heterocycles. The third-order valence-electron chi connectivity index (χ3n) is 5.49. The summed E-state index contributed by atoms with van der Waals surface area (Å²) in [4.78, 5) is 39.4. The van der Waals surface area contributed by atoms with Gasteiger partial charge in [0.1, 0.15) is 0 Å². The van der Waals surface area contributed by atoms with Crippen LogP contribution in [0, 0.1) is 0 Å². The van der Waals surface area contributed by atoms with Gasteiger partial charge in [0.25, 0.3) is 0 Å². The molecular weight excluding hydrogens is 477 g/mol. The summed E-state index contributed by atoms with van der Waals surface area (Å²) in [5.41, 5.74) is 1.01. The standard InChI is InChI=1S/C25H27F3N4O4/c1-4-13-32-15(3)20(22(33)36-5-2)21(31-24(32)35)16-7-6-8-19(14-16)30-23(34)29-18-11-9-17(10-12-18)25(26,27)28/h6-12,14,21H,4-5,13H2,1-3H3,(H,31,35)(H2,29,30,34). The fourth-order valence-corrected chi connectivity index (χ4v) is 3.83. The smallest absolute Gasteiger partial charge is 0.416 e. The molecular formula is C25H27F3N4O4. The number of hydrogen-bond donors (Lipinski definition) is 3. The van der Waals surface area contributed by atoms with Crippen LogP contribution in [0.3, 0.4) is 0 Å². The van der Waals surface area contributed by atoms with Crippen LogP contribution in [0.4, 0.5) is 34.1 Å². The number of carbonyl (C=O) groups is 3. The number of allylic oxidation sites excluding steroid dienone is 1. The highest BCUT2D eigenvalue weighted by molar-refractivity contribution is 6.00. The first-order valence-corrected chi connectivity index (χ1v) is 11.4. The molecule has 0 fully saturated rings. The SMILES string of the molecule is CCCN1C(=O)NC(c2cccc(NC(=O)Nc3ccc(C(F)(F)F)cc3)c2)C(C(=O)OCC)=C1C. The summed E-state index contributed by atoms with van der Waals surface area (Å²) in [5, 5.41) is 7.91. The van der Waals surface area contributed by atoms with E-state index in [1.54, 1.807) is 38.1 Å². The van der Waals surface area contributed by atoms with Gasteiger partial charge in [-0.25, -0.2) is 14.4 Å². The summed E-state index contributed by atoms with van der Waals surface area (Å²) in [6.45, 7) is 5.89. The Morgan fingerprint density at radius 2 is 1.72 bits per heavy atom. The van der Waals surface area contributed by atoms with Crippen molar-refractivity contribution >= 4 is 29.4 Å². The Hall–Kier alpha value is -4.02. The number of esters is 1. The second-order valence-electron chi connectivity index (χ2n) is 8.03. The van der Waals surface area contributed by atoms with E-state index in [9.17, 15) is 27.6 Å². The zero-order valence-corrected chi connectivity index (χ0v) is 20.0. The number of urea groups is 2. The monoisotopic (exact) mass is 504 g/mol. The highest BCUT2D eigenvalue weighted by Crippen LogP contribution is 2.33. The van der Waals surface area contributed by atoms with Crippen molar-refractivity contribution in [3.63, 3.8) is 0 Å². The van der Waals surface area contributed by atoms with Crippen LogP contribution in [0.2, 0.25) is 0 Å². The maximum atomic E-state index is 12.8. The molecule has 3 N–H and O–H groups in total. The van der Waals surface area contributed by atoms with Gasteiger partial charge in [0.2, 0.25) is 0 Å². The van der Waals surface area contributed by atoms with Crippen molar-refractivity contribution in [3.8, 4) is 0 Å². The molecule has 0 aliphatic carbocycles. The lowest BCUT2D eigenvalue weighted by Gasteiger charge is -2.35. The van der Waals surface area contributed by atoms with Crippen molar-refractivity contribution in [1.82, 2.24) is 10.2 Å². The number of alkyl halides is 3. The average Bonchev–Trinajstić information content (AvgIpc) is 2.81. The molecule has 0 bridgehead atoms. The number of hydrogen-bond acceptors (Lipinski definition) is 4. The number of benzene rings is 2. The van der Waals surface area contributed by atoms with Crippen LogP contribution in [0.25, 0.3) is 0 Å². The number of anilines is 2. The van der Waals surface area contributed by atoms with Gasteiger partial charge < -0.3 is 20.7 Å². The summed E-state index contributed by atoms with van der Waals surface area (Å²) < 4.78 is 43.4. The number of halogens is 3. The topological polar surface area (TPSA) is 99.8 Å². The average molecular weight is 505 g/mol. The number of nitrogens with one attached hydrogen (secondary N) is 3. The van der Waals surface area contributed by atoms with Crippen molar-refractivity contribution in [2.45, 2.75) is 39.4 Å². The Bertz CT molecular complexity index is 1160. The summed E-state index contributed by atoms with van der Waals surface area (Å²) >= 11 is 0. The van der Waals surface area contributed by atoms with E-state index in [4.69, 9.17) is 4.74 Å². The molecule has 1 atom stereocenters. The van der Waals surface area contributed by atoms with Gasteiger partial charge in [-0.05, 0) is 62.2 Å². The van der Waals surface area contributed by atoms with Crippen LogP contribution in [0.5, 0.6) is 0 Å². The normalized spacial score (nSPS) is 15.9. The zero-order valence-electron chi connectivity index (χ0n) is 20.0. The highest BCUT2D eigenvalue weighted by atomic mass is 19.4. The summed E-state index contributed by atoms with van der Waals surface area (Å²) in [6.07, 6.45) is -3.78. The first kappa shape index (κ1) is 26.6. The molecule has 36 heavy (non-hydrogen) atoms. The maximum Gasteiger partial charge on any atom is 0.416 e. The van der Waals surface area contributed by atoms with Crippen LogP contribution < -0.4 is 16.0 Å². The molecule has 2 aromatic rings. The molecule has 8 nitrogen and oxygen atoms in total. The molecule has 4 amide bonds. The Morgan fingerprint density at radius 1 is 1.06 bits per heavy atom. The Labute approximate surface area is 206 Å². The minimum Gasteiger partial charge on any atom is -0.463 e. The molecule has 0 spiro atoms. The van der Waals surface area contributed by atoms with Gasteiger partial charge in [0.05, 0.1) is 23.8 Å². The summed E-state index contributed by atoms with van der Waals surface area (Å²) in [6, 6.07) is 8.75. The first-order chi connectivity index (χ1) is 17.0. The van der Waals surface area contributed by atoms with E-state index in [2.05, 4.69) is 16.0 Å². The minimum atomic E-state index is -4.47. The number of amides is 4. The quantitative estimate of drug-likeness (QED) is 0.424. The van der Waals surface area contributed by atoms with Crippen LogP contribution in [-0.4, -0.2) is 36.1 Å². The highest BCUT2D eigenvalue weighted by Gasteiger charge is 2.36. The summed E-state index contributed by atoms with van der Waals surface area (Å²) in [7, 11) is 0. The van der Waals surface area contributed by atoms with Gasteiger partial charge in [-0.3, -0.25) is 4.90 Å². The third kappa shape index (κ3) is 6.15. The van der Waals surface area contributed by atoms with Crippen molar-refractivity contribution in [2.24, 2.45) is 0 Å². The molecule has 2 aromatic carbocycles. The Morgan fingerprint density at radius 3 is 2.33 bits per heavy atom. The first-order valence-electron chi connectivity index (χ1n) is 11.4. The molecule has 0 saturated carbocycles. The largest absolute Gasteiger partial charge is 0.463 e.